The number of sulfonamides is 1. The van der Waals surface area contributed by atoms with Crippen molar-refractivity contribution < 1.29 is 23.1 Å². The fourth-order valence-corrected chi connectivity index (χ4v) is 7.15. The predicted molar refractivity (Wildman–Crippen MR) is 154 cm³/mol. The van der Waals surface area contributed by atoms with E-state index in [1.54, 1.807) is 18.2 Å². The van der Waals surface area contributed by atoms with Crippen molar-refractivity contribution in [2.24, 2.45) is 11.8 Å². The molecule has 0 aromatic heterocycles. The molecular formula is C30H37ClN2O5S. The normalized spacial score (nSPS) is 25.9. The first kappa shape index (κ1) is 28.0. The number of anilines is 1. The van der Waals surface area contributed by atoms with E-state index in [-0.39, 0.29) is 17.2 Å². The van der Waals surface area contributed by atoms with E-state index in [2.05, 4.69) is 9.62 Å². The van der Waals surface area contributed by atoms with Gasteiger partial charge in [-0.25, -0.2) is 13.1 Å². The van der Waals surface area contributed by atoms with Crippen molar-refractivity contribution in [2.75, 3.05) is 23.7 Å². The summed E-state index contributed by atoms with van der Waals surface area (Å²) in [5.41, 5.74) is 4.27. The molecule has 7 nitrogen and oxygen atoms in total. The Labute approximate surface area is 236 Å². The summed E-state index contributed by atoms with van der Waals surface area (Å²) < 4.78 is 33.9. The number of rotatable bonds is 0. The molecule has 5 rings (SSSR count). The average Bonchev–Trinajstić information content (AvgIpc) is 2.88. The van der Waals surface area contributed by atoms with Crippen LogP contribution in [0, 0.1) is 11.8 Å². The highest BCUT2D eigenvalue weighted by Crippen LogP contribution is 2.41. The Bertz CT molecular complexity index is 1360. The van der Waals surface area contributed by atoms with E-state index in [1.165, 1.54) is 5.56 Å². The number of ether oxygens (including phenoxy) is 1. The first-order valence-corrected chi connectivity index (χ1v) is 15.9. The SMILES string of the molecule is CC1=C[C@H](O)[C@@H]2CC[C@H]2CN2CCCCc3cc(Cl)ccc3COc3ccc(cc32)C(=O)NS(=O)(=O)CCC1. The Kier molecular flexibility index (Phi) is 8.55. The van der Waals surface area contributed by atoms with Gasteiger partial charge in [0, 0.05) is 23.7 Å². The van der Waals surface area contributed by atoms with E-state index in [9.17, 15) is 18.3 Å². The smallest absolute Gasteiger partial charge is 0.264 e. The molecule has 0 saturated heterocycles. The highest BCUT2D eigenvalue weighted by molar-refractivity contribution is 7.90. The molecule has 2 aromatic carbocycles. The molecule has 0 unspecified atom stereocenters. The number of fused-ring (bicyclic) bond motifs is 3. The molecule has 39 heavy (non-hydrogen) atoms. The Balaban J connectivity index is 1.52. The van der Waals surface area contributed by atoms with Gasteiger partial charge in [0.15, 0.2) is 0 Å². The lowest BCUT2D eigenvalue weighted by Crippen LogP contribution is -2.43. The van der Waals surface area contributed by atoms with Crippen LogP contribution in [0.15, 0.2) is 48.0 Å². The maximum absolute atomic E-state index is 13.1. The fraction of sp³-hybridized carbons (Fsp3) is 0.500. The first-order chi connectivity index (χ1) is 18.7. The third kappa shape index (κ3) is 6.79. The topological polar surface area (TPSA) is 95.9 Å². The number of hydrogen-bond acceptors (Lipinski definition) is 6. The quantitative estimate of drug-likeness (QED) is 0.419. The van der Waals surface area contributed by atoms with Crippen molar-refractivity contribution in [3.63, 3.8) is 0 Å². The van der Waals surface area contributed by atoms with Gasteiger partial charge in [-0.15, -0.1) is 0 Å². The number of allylic oxidation sites excluding steroid dienone is 1. The van der Waals surface area contributed by atoms with Crippen LogP contribution in [0.1, 0.15) is 66.9 Å². The summed E-state index contributed by atoms with van der Waals surface area (Å²) in [6, 6.07) is 11.0. The minimum Gasteiger partial charge on any atom is -0.487 e. The van der Waals surface area contributed by atoms with Crippen LogP contribution in [0.2, 0.25) is 5.02 Å². The van der Waals surface area contributed by atoms with Gasteiger partial charge in [-0.1, -0.05) is 29.3 Å². The summed E-state index contributed by atoms with van der Waals surface area (Å²) in [6.07, 6.45) is 7.04. The maximum atomic E-state index is 13.1. The van der Waals surface area contributed by atoms with Crippen LogP contribution < -0.4 is 14.4 Å². The second kappa shape index (κ2) is 11.9. The summed E-state index contributed by atoms with van der Waals surface area (Å²) in [7, 11) is -3.80. The van der Waals surface area contributed by atoms with Crippen molar-refractivity contribution in [1.29, 1.82) is 0 Å². The molecule has 2 aromatic rings. The van der Waals surface area contributed by atoms with E-state index in [0.29, 0.717) is 36.1 Å². The second-order valence-electron chi connectivity index (χ2n) is 11.1. The van der Waals surface area contributed by atoms with Gasteiger partial charge in [-0.05, 0) is 105 Å². The molecule has 3 aliphatic rings. The molecular weight excluding hydrogens is 536 g/mol. The largest absolute Gasteiger partial charge is 0.487 e. The van der Waals surface area contributed by atoms with E-state index >= 15 is 0 Å². The molecule has 2 aliphatic heterocycles. The van der Waals surface area contributed by atoms with Crippen LogP contribution in [0.25, 0.3) is 0 Å². The zero-order valence-electron chi connectivity index (χ0n) is 22.4. The number of hydrogen-bond donors (Lipinski definition) is 2. The van der Waals surface area contributed by atoms with Gasteiger partial charge in [0.05, 0.1) is 17.5 Å². The summed E-state index contributed by atoms with van der Waals surface area (Å²) in [5.74, 6) is 0.310. The van der Waals surface area contributed by atoms with Crippen LogP contribution >= 0.6 is 11.6 Å². The Morgan fingerprint density at radius 3 is 2.69 bits per heavy atom. The maximum Gasteiger partial charge on any atom is 0.264 e. The molecule has 2 N–H and O–H groups in total. The zero-order chi connectivity index (χ0) is 27.6. The molecule has 0 spiro atoms. The van der Waals surface area contributed by atoms with Crippen molar-refractivity contribution in [3.05, 3.63) is 69.8 Å². The van der Waals surface area contributed by atoms with Crippen LogP contribution in [0.5, 0.6) is 5.75 Å². The monoisotopic (exact) mass is 572 g/mol. The predicted octanol–water partition coefficient (Wildman–Crippen LogP) is 5.25. The molecule has 0 radical (unpaired) electrons. The number of carbonyl (C=O) groups excluding carboxylic acids is 1. The minimum absolute atomic E-state index is 0.150. The molecule has 210 valence electrons. The third-order valence-electron chi connectivity index (χ3n) is 8.29. The molecule has 1 amide bonds. The summed E-state index contributed by atoms with van der Waals surface area (Å²) in [6.45, 7) is 3.78. The molecule has 3 atom stereocenters. The summed E-state index contributed by atoms with van der Waals surface area (Å²) in [5, 5.41) is 11.7. The lowest BCUT2D eigenvalue weighted by atomic mass is 9.70. The van der Waals surface area contributed by atoms with Gasteiger partial charge in [0.25, 0.3) is 5.91 Å². The molecule has 1 fully saturated rings. The number of nitrogens with one attached hydrogen (secondary N) is 1. The number of benzene rings is 2. The zero-order valence-corrected chi connectivity index (χ0v) is 23.9. The lowest BCUT2D eigenvalue weighted by molar-refractivity contribution is 0.0457. The number of amides is 1. The van der Waals surface area contributed by atoms with Gasteiger partial charge in [0.1, 0.15) is 12.4 Å². The Morgan fingerprint density at radius 1 is 1.05 bits per heavy atom. The van der Waals surface area contributed by atoms with Crippen molar-refractivity contribution in [2.45, 2.75) is 64.6 Å². The fourth-order valence-electron chi connectivity index (χ4n) is 5.92. The summed E-state index contributed by atoms with van der Waals surface area (Å²) in [4.78, 5) is 15.3. The van der Waals surface area contributed by atoms with Crippen molar-refractivity contribution >= 4 is 33.2 Å². The van der Waals surface area contributed by atoms with Crippen LogP contribution in [-0.2, 0) is 23.1 Å². The average molecular weight is 573 g/mol. The number of nitrogens with zero attached hydrogens (tertiary/aromatic N) is 1. The Morgan fingerprint density at radius 2 is 1.90 bits per heavy atom. The highest BCUT2D eigenvalue weighted by Gasteiger charge is 2.37. The van der Waals surface area contributed by atoms with Crippen LogP contribution in [0.4, 0.5) is 5.69 Å². The van der Waals surface area contributed by atoms with Gasteiger partial charge in [-0.2, -0.15) is 0 Å². The molecule has 1 saturated carbocycles. The van der Waals surface area contributed by atoms with Gasteiger partial charge < -0.3 is 14.7 Å². The molecule has 2 bridgehead atoms. The third-order valence-corrected chi connectivity index (χ3v) is 9.85. The Hall–Kier alpha value is -2.55. The van der Waals surface area contributed by atoms with Crippen LogP contribution in [-0.4, -0.2) is 44.4 Å². The molecule has 1 aliphatic carbocycles. The van der Waals surface area contributed by atoms with Gasteiger partial charge in [-0.3, -0.25) is 4.79 Å². The lowest BCUT2D eigenvalue weighted by Gasteiger charge is -2.42. The number of aliphatic hydroxyl groups is 1. The highest BCUT2D eigenvalue weighted by atomic mass is 35.5. The number of aryl methyl sites for hydroxylation is 1. The van der Waals surface area contributed by atoms with E-state index in [0.717, 1.165) is 62.0 Å². The van der Waals surface area contributed by atoms with E-state index in [4.69, 9.17) is 16.3 Å². The second-order valence-corrected chi connectivity index (χ2v) is 13.4. The van der Waals surface area contributed by atoms with E-state index < -0.39 is 22.0 Å². The van der Waals surface area contributed by atoms with Gasteiger partial charge >= 0.3 is 0 Å². The number of halogens is 1. The number of carbonyl (C=O) groups is 1. The van der Waals surface area contributed by atoms with Crippen molar-refractivity contribution in [1.82, 2.24) is 4.72 Å². The standard InChI is InChI=1S/C30H37ClN2O5S/c1-20-5-4-14-39(36,37)32-30(35)22-9-12-29-27(17-22)33(18-23-8-11-26(23)28(34)15-20)13-3-2-6-21-16-25(31)10-7-24(21)19-38-29/h7,9-10,12,15-17,23,26,28,34H,2-6,8,11,13-14,18-19H2,1H3,(H,32,35)/t23-,26+,28-/m0/s1. The molecule has 9 heteroatoms. The molecule has 2 heterocycles. The number of aliphatic hydroxyl groups excluding tert-OH is 1. The van der Waals surface area contributed by atoms with Gasteiger partial charge in [0.2, 0.25) is 10.0 Å². The van der Waals surface area contributed by atoms with Crippen LogP contribution in [0.3, 0.4) is 0 Å². The minimum atomic E-state index is -3.80. The first-order valence-electron chi connectivity index (χ1n) is 13.9. The van der Waals surface area contributed by atoms with Crippen molar-refractivity contribution in [3.8, 4) is 5.75 Å². The summed E-state index contributed by atoms with van der Waals surface area (Å²) >= 11 is 6.28. The van der Waals surface area contributed by atoms with E-state index in [1.807, 2.05) is 31.2 Å².